The monoisotopic (exact) mass is 241 g/mol. The van der Waals surface area contributed by atoms with Crippen molar-refractivity contribution in [2.75, 3.05) is 39.3 Å². The predicted molar refractivity (Wildman–Crippen MR) is 75.1 cm³/mol. The Labute approximate surface area is 107 Å². The second kappa shape index (κ2) is 7.34. The van der Waals surface area contributed by atoms with E-state index in [1.807, 2.05) is 0 Å². The van der Waals surface area contributed by atoms with Crippen molar-refractivity contribution < 1.29 is 0 Å². The fraction of sp³-hybridized carbons (Fsp3) is 1.00. The zero-order valence-corrected chi connectivity index (χ0v) is 12.2. The van der Waals surface area contributed by atoms with Gasteiger partial charge in [0.1, 0.15) is 0 Å². The van der Waals surface area contributed by atoms with Crippen molar-refractivity contribution in [2.24, 2.45) is 17.6 Å². The summed E-state index contributed by atoms with van der Waals surface area (Å²) in [5.74, 6) is 1.50. The van der Waals surface area contributed by atoms with Gasteiger partial charge in [-0.15, -0.1) is 0 Å². The quantitative estimate of drug-likeness (QED) is 0.767. The van der Waals surface area contributed by atoms with Crippen LogP contribution in [0.5, 0.6) is 0 Å². The second-order valence-electron chi connectivity index (χ2n) is 5.92. The van der Waals surface area contributed by atoms with Crippen molar-refractivity contribution in [3.63, 3.8) is 0 Å². The van der Waals surface area contributed by atoms with E-state index >= 15 is 0 Å². The van der Waals surface area contributed by atoms with Gasteiger partial charge in [0, 0.05) is 45.3 Å². The molecule has 1 aliphatic heterocycles. The zero-order valence-electron chi connectivity index (χ0n) is 12.2. The molecule has 1 heterocycles. The highest BCUT2D eigenvalue weighted by molar-refractivity contribution is 4.82. The van der Waals surface area contributed by atoms with Crippen molar-refractivity contribution in [1.82, 2.24) is 9.80 Å². The van der Waals surface area contributed by atoms with Gasteiger partial charge in [-0.2, -0.15) is 0 Å². The molecule has 1 fully saturated rings. The fourth-order valence-electron chi connectivity index (χ4n) is 2.81. The molecule has 2 atom stereocenters. The smallest absolute Gasteiger partial charge is 0.0244 e. The highest BCUT2D eigenvalue weighted by Gasteiger charge is 2.25. The first-order valence-electron chi connectivity index (χ1n) is 7.24. The van der Waals surface area contributed by atoms with Crippen LogP contribution in [-0.4, -0.2) is 55.1 Å². The fourth-order valence-corrected chi connectivity index (χ4v) is 2.81. The maximum atomic E-state index is 5.94. The van der Waals surface area contributed by atoms with Crippen LogP contribution >= 0.6 is 0 Å². The lowest BCUT2D eigenvalue weighted by molar-refractivity contribution is 0.0699. The van der Waals surface area contributed by atoms with Crippen LogP contribution in [0, 0.1) is 11.8 Å². The normalized spacial score (nSPS) is 22.9. The molecule has 0 radical (unpaired) electrons. The standard InChI is InChI=1S/C14H31N3/c1-5-13(4)14(10-15)17-8-6-16(7-9-17)11-12(2)3/h12-14H,5-11,15H2,1-4H3. The second-order valence-corrected chi connectivity index (χ2v) is 5.92. The largest absolute Gasteiger partial charge is 0.329 e. The molecule has 1 aliphatic rings. The summed E-state index contributed by atoms with van der Waals surface area (Å²) in [6.07, 6.45) is 1.23. The summed E-state index contributed by atoms with van der Waals surface area (Å²) in [5.41, 5.74) is 5.94. The minimum absolute atomic E-state index is 0.584. The molecule has 1 rings (SSSR count). The zero-order chi connectivity index (χ0) is 12.8. The van der Waals surface area contributed by atoms with Crippen LogP contribution in [0.15, 0.2) is 0 Å². The third kappa shape index (κ3) is 4.57. The third-order valence-electron chi connectivity index (χ3n) is 4.04. The first-order valence-corrected chi connectivity index (χ1v) is 7.24. The lowest BCUT2D eigenvalue weighted by atomic mass is 9.97. The summed E-state index contributed by atoms with van der Waals surface area (Å²) >= 11 is 0. The number of nitrogens with two attached hydrogens (primary N) is 1. The lowest BCUT2D eigenvalue weighted by Gasteiger charge is -2.41. The van der Waals surface area contributed by atoms with E-state index in [9.17, 15) is 0 Å². The molecule has 0 spiro atoms. The Kier molecular flexibility index (Phi) is 6.45. The molecule has 0 bridgehead atoms. The molecule has 0 aromatic heterocycles. The molecular formula is C14H31N3. The number of hydrogen-bond donors (Lipinski definition) is 1. The summed E-state index contributed by atoms with van der Waals surface area (Å²) < 4.78 is 0. The number of hydrogen-bond acceptors (Lipinski definition) is 3. The van der Waals surface area contributed by atoms with Gasteiger partial charge in [0.05, 0.1) is 0 Å². The Morgan fingerprint density at radius 2 is 1.65 bits per heavy atom. The molecule has 0 saturated carbocycles. The van der Waals surface area contributed by atoms with Crippen molar-refractivity contribution in [3.05, 3.63) is 0 Å². The van der Waals surface area contributed by atoms with Crippen molar-refractivity contribution in [2.45, 2.75) is 40.2 Å². The van der Waals surface area contributed by atoms with Crippen LogP contribution in [-0.2, 0) is 0 Å². The summed E-state index contributed by atoms with van der Waals surface area (Å²) in [4.78, 5) is 5.19. The molecule has 2 unspecified atom stereocenters. The summed E-state index contributed by atoms with van der Waals surface area (Å²) in [5, 5.41) is 0. The van der Waals surface area contributed by atoms with E-state index in [1.54, 1.807) is 0 Å². The molecule has 102 valence electrons. The molecule has 2 N–H and O–H groups in total. The van der Waals surface area contributed by atoms with E-state index < -0.39 is 0 Å². The molecule has 3 heteroatoms. The van der Waals surface area contributed by atoms with Crippen molar-refractivity contribution in [3.8, 4) is 0 Å². The Morgan fingerprint density at radius 1 is 1.06 bits per heavy atom. The van der Waals surface area contributed by atoms with Gasteiger partial charge >= 0.3 is 0 Å². The van der Waals surface area contributed by atoms with E-state index in [2.05, 4.69) is 37.5 Å². The van der Waals surface area contributed by atoms with Crippen LogP contribution in [0.1, 0.15) is 34.1 Å². The molecular weight excluding hydrogens is 210 g/mol. The van der Waals surface area contributed by atoms with Gasteiger partial charge in [-0.1, -0.05) is 34.1 Å². The predicted octanol–water partition coefficient (Wildman–Crippen LogP) is 1.63. The van der Waals surface area contributed by atoms with Crippen molar-refractivity contribution in [1.29, 1.82) is 0 Å². The molecule has 0 aliphatic carbocycles. The van der Waals surface area contributed by atoms with E-state index in [4.69, 9.17) is 5.73 Å². The highest BCUT2D eigenvalue weighted by Crippen LogP contribution is 2.16. The first-order chi connectivity index (χ1) is 8.08. The van der Waals surface area contributed by atoms with Gasteiger partial charge in [-0.3, -0.25) is 4.90 Å². The maximum absolute atomic E-state index is 5.94. The minimum atomic E-state index is 0.584. The van der Waals surface area contributed by atoms with Gasteiger partial charge in [-0.25, -0.2) is 0 Å². The Morgan fingerprint density at radius 3 is 2.06 bits per heavy atom. The SMILES string of the molecule is CCC(C)C(CN)N1CCN(CC(C)C)CC1. The maximum Gasteiger partial charge on any atom is 0.0244 e. The molecule has 0 aromatic carbocycles. The van der Waals surface area contributed by atoms with E-state index in [0.717, 1.165) is 18.4 Å². The van der Waals surface area contributed by atoms with E-state index in [-0.39, 0.29) is 0 Å². The minimum Gasteiger partial charge on any atom is -0.329 e. The topological polar surface area (TPSA) is 32.5 Å². The molecule has 0 aromatic rings. The van der Waals surface area contributed by atoms with E-state index in [1.165, 1.54) is 39.1 Å². The molecule has 3 nitrogen and oxygen atoms in total. The molecule has 17 heavy (non-hydrogen) atoms. The Balaban J connectivity index is 2.39. The first kappa shape index (κ1) is 14.9. The Hall–Kier alpha value is -0.120. The van der Waals surface area contributed by atoms with Gasteiger partial charge < -0.3 is 10.6 Å². The van der Waals surface area contributed by atoms with Crippen LogP contribution in [0.2, 0.25) is 0 Å². The van der Waals surface area contributed by atoms with Gasteiger partial charge in [0.25, 0.3) is 0 Å². The number of rotatable bonds is 6. The molecule has 1 saturated heterocycles. The van der Waals surface area contributed by atoms with Crippen molar-refractivity contribution >= 4 is 0 Å². The van der Waals surface area contributed by atoms with Gasteiger partial charge in [-0.05, 0) is 11.8 Å². The summed E-state index contributed by atoms with van der Waals surface area (Å²) in [6.45, 7) is 16.1. The van der Waals surface area contributed by atoms with Crippen LogP contribution in [0.4, 0.5) is 0 Å². The number of piperazine rings is 1. The third-order valence-corrected chi connectivity index (χ3v) is 4.04. The average molecular weight is 241 g/mol. The van der Waals surface area contributed by atoms with Gasteiger partial charge in [0.15, 0.2) is 0 Å². The van der Waals surface area contributed by atoms with Crippen LogP contribution in [0.3, 0.4) is 0 Å². The average Bonchev–Trinajstić information content (AvgIpc) is 2.31. The summed E-state index contributed by atoms with van der Waals surface area (Å²) in [6, 6.07) is 0.584. The number of nitrogens with zero attached hydrogens (tertiary/aromatic N) is 2. The van der Waals surface area contributed by atoms with Crippen LogP contribution < -0.4 is 5.73 Å². The Bertz CT molecular complexity index is 198. The van der Waals surface area contributed by atoms with E-state index in [0.29, 0.717) is 6.04 Å². The summed E-state index contributed by atoms with van der Waals surface area (Å²) in [7, 11) is 0. The van der Waals surface area contributed by atoms with Gasteiger partial charge in [0.2, 0.25) is 0 Å². The van der Waals surface area contributed by atoms with Crippen LogP contribution in [0.25, 0.3) is 0 Å². The lowest BCUT2D eigenvalue weighted by Crippen LogP contribution is -2.54. The molecule has 0 amide bonds. The highest BCUT2D eigenvalue weighted by atomic mass is 15.3.